The summed E-state index contributed by atoms with van der Waals surface area (Å²) in [6.07, 6.45) is 1.95. The summed E-state index contributed by atoms with van der Waals surface area (Å²) in [5, 5.41) is 0. The smallest absolute Gasteiger partial charge is 0.162 e. The SMILES string of the molecule is [CH2]CCCC(=O)c1cccc(F)c1. The lowest BCUT2D eigenvalue weighted by Crippen LogP contribution is -1.98. The van der Waals surface area contributed by atoms with Crippen molar-refractivity contribution in [3.63, 3.8) is 0 Å². The molecule has 0 saturated heterocycles. The maximum Gasteiger partial charge on any atom is 0.162 e. The Bertz CT molecular complexity index is 294. The Hall–Kier alpha value is -1.18. The summed E-state index contributed by atoms with van der Waals surface area (Å²) in [4.78, 5) is 11.4. The van der Waals surface area contributed by atoms with Gasteiger partial charge in [0.15, 0.2) is 5.78 Å². The zero-order valence-corrected chi connectivity index (χ0v) is 7.42. The third kappa shape index (κ3) is 2.98. The van der Waals surface area contributed by atoms with Crippen LogP contribution >= 0.6 is 0 Å². The standard InChI is InChI=1S/C11H12FO/c1-2-3-7-11(13)9-5-4-6-10(12)8-9/h4-6,8H,1-3,7H2. The summed E-state index contributed by atoms with van der Waals surface area (Å²) < 4.78 is 12.7. The van der Waals surface area contributed by atoms with E-state index < -0.39 is 0 Å². The number of hydrogen-bond acceptors (Lipinski definition) is 1. The minimum Gasteiger partial charge on any atom is -0.294 e. The molecule has 0 aliphatic rings. The fourth-order valence-corrected chi connectivity index (χ4v) is 1.09. The number of halogens is 1. The number of carbonyl (C=O) groups excluding carboxylic acids is 1. The summed E-state index contributed by atoms with van der Waals surface area (Å²) in [7, 11) is 0. The molecule has 0 heterocycles. The number of unbranched alkanes of at least 4 members (excludes halogenated alkanes) is 1. The average Bonchev–Trinajstić information content (AvgIpc) is 2.14. The second-order valence-corrected chi connectivity index (χ2v) is 2.89. The molecule has 1 rings (SSSR count). The quantitative estimate of drug-likeness (QED) is 0.649. The van der Waals surface area contributed by atoms with E-state index in [4.69, 9.17) is 0 Å². The predicted octanol–water partition coefficient (Wildman–Crippen LogP) is 3.01. The molecule has 0 amide bonds. The number of hydrogen-bond donors (Lipinski definition) is 0. The molecule has 0 bridgehead atoms. The predicted molar refractivity (Wildman–Crippen MR) is 49.9 cm³/mol. The number of carbonyl (C=O) groups is 1. The fraction of sp³-hybridized carbons (Fsp3) is 0.273. The van der Waals surface area contributed by atoms with Gasteiger partial charge >= 0.3 is 0 Å². The Morgan fingerprint density at radius 2 is 2.23 bits per heavy atom. The summed E-state index contributed by atoms with van der Waals surface area (Å²) in [6.45, 7) is 3.64. The van der Waals surface area contributed by atoms with Crippen LogP contribution in [0.2, 0.25) is 0 Å². The highest BCUT2D eigenvalue weighted by Crippen LogP contribution is 2.08. The number of benzene rings is 1. The lowest BCUT2D eigenvalue weighted by Gasteiger charge is -1.99. The van der Waals surface area contributed by atoms with Crippen molar-refractivity contribution < 1.29 is 9.18 Å². The van der Waals surface area contributed by atoms with Gasteiger partial charge in [0.25, 0.3) is 0 Å². The maximum atomic E-state index is 12.7. The molecule has 0 saturated carbocycles. The van der Waals surface area contributed by atoms with E-state index in [1.54, 1.807) is 12.1 Å². The second-order valence-electron chi connectivity index (χ2n) is 2.89. The summed E-state index contributed by atoms with van der Waals surface area (Å²) in [5.41, 5.74) is 0.452. The molecule has 1 aromatic rings. The first-order chi connectivity index (χ1) is 6.24. The van der Waals surface area contributed by atoms with Crippen LogP contribution in [-0.4, -0.2) is 5.78 Å². The molecule has 0 aliphatic carbocycles. The Balaban J connectivity index is 2.66. The van der Waals surface area contributed by atoms with Crippen LogP contribution in [0, 0.1) is 12.7 Å². The van der Waals surface area contributed by atoms with Crippen LogP contribution in [0.1, 0.15) is 29.6 Å². The zero-order valence-electron chi connectivity index (χ0n) is 7.42. The maximum absolute atomic E-state index is 12.7. The molecule has 1 nitrogen and oxygen atoms in total. The van der Waals surface area contributed by atoms with Gasteiger partial charge in [0.1, 0.15) is 5.82 Å². The van der Waals surface area contributed by atoms with Gasteiger partial charge in [-0.2, -0.15) is 0 Å². The number of ketones is 1. The van der Waals surface area contributed by atoms with Gasteiger partial charge in [-0.05, 0) is 18.6 Å². The van der Waals surface area contributed by atoms with Crippen molar-refractivity contribution in [3.05, 3.63) is 42.6 Å². The van der Waals surface area contributed by atoms with E-state index in [0.29, 0.717) is 12.0 Å². The molecule has 69 valence electrons. The van der Waals surface area contributed by atoms with Gasteiger partial charge in [-0.25, -0.2) is 4.39 Å². The Morgan fingerprint density at radius 3 is 2.85 bits per heavy atom. The summed E-state index contributed by atoms with van der Waals surface area (Å²) >= 11 is 0. The lowest BCUT2D eigenvalue weighted by atomic mass is 10.1. The first-order valence-electron chi connectivity index (χ1n) is 4.32. The monoisotopic (exact) mass is 179 g/mol. The third-order valence-corrected chi connectivity index (χ3v) is 1.80. The first kappa shape index (κ1) is 9.90. The van der Waals surface area contributed by atoms with Gasteiger partial charge in [0.2, 0.25) is 0 Å². The molecule has 1 radical (unpaired) electrons. The Labute approximate surface area is 77.6 Å². The van der Waals surface area contributed by atoms with Crippen molar-refractivity contribution in [3.8, 4) is 0 Å². The minimum absolute atomic E-state index is 0.0110. The molecule has 0 fully saturated rings. The average molecular weight is 179 g/mol. The van der Waals surface area contributed by atoms with Gasteiger partial charge in [0, 0.05) is 12.0 Å². The summed E-state index contributed by atoms with van der Waals surface area (Å²) in [6, 6.07) is 5.78. The van der Waals surface area contributed by atoms with Crippen LogP contribution in [0.15, 0.2) is 24.3 Å². The highest BCUT2D eigenvalue weighted by molar-refractivity contribution is 5.95. The normalized spacial score (nSPS) is 10.0. The van der Waals surface area contributed by atoms with Crippen molar-refractivity contribution in [1.82, 2.24) is 0 Å². The van der Waals surface area contributed by atoms with Crippen LogP contribution in [0.25, 0.3) is 0 Å². The van der Waals surface area contributed by atoms with Crippen molar-refractivity contribution in [1.29, 1.82) is 0 Å². The van der Waals surface area contributed by atoms with Gasteiger partial charge in [-0.15, -0.1) is 0 Å². The van der Waals surface area contributed by atoms with E-state index in [2.05, 4.69) is 6.92 Å². The van der Waals surface area contributed by atoms with Crippen molar-refractivity contribution in [2.24, 2.45) is 0 Å². The minimum atomic E-state index is -0.361. The lowest BCUT2D eigenvalue weighted by molar-refractivity contribution is 0.0980. The Morgan fingerprint density at radius 1 is 1.46 bits per heavy atom. The van der Waals surface area contributed by atoms with E-state index in [9.17, 15) is 9.18 Å². The van der Waals surface area contributed by atoms with Gasteiger partial charge in [0.05, 0.1) is 0 Å². The molecule has 13 heavy (non-hydrogen) atoms. The van der Waals surface area contributed by atoms with Gasteiger partial charge < -0.3 is 0 Å². The molecule has 0 aromatic heterocycles. The summed E-state index contributed by atoms with van der Waals surface area (Å²) in [5.74, 6) is -0.372. The topological polar surface area (TPSA) is 17.1 Å². The third-order valence-electron chi connectivity index (χ3n) is 1.80. The molecule has 0 spiro atoms. The molecule has 0 aliphatic heterocycles. The van der Waals surface area contributed by atoms with Crippen molar-refractivity contribution in [2.45, 2.75) is 19.3 Å². The van der Waals surface area contributed by atoms with Crippen LogP contribution in [-0.2, 0) is 0 Å². The van der Waals surface area contributed by atoms with Gasteiger partial charge in [-0.1, -0.05) is 25.5 Å². The fourth-order valence-electron chi connectivity index (χ4n) is 1.09. The first-order valence-corrected chi connectivity index (χ1v) is 4.32. The molecular formula is C11H12FO. The van der Waals surface area contributed by atoms with Crippen LogP contribution in [0.5, 0.6) is 0 Å². The molecule has 0 atom stereocenters. The zero-order chi connectivity index (χ0) is 9.68. The molecule has 2 heteroatoms. The van der Waals surface area contributed by atoms with E-state index in [1.807, 2.05) is 0 Å². The molecule has 0 unspecified atom stereocenters. The van der Waals surface area contributed by atoms with Crippen LogP contribution in [0.4, 0.5) is 4.39 Å². The van der Waals surface area contributed by atoms with Crippen LogP contribution < -0.4 is 0 Å². The van der Waals surface area contributed by atoms with E-state index >= 15 is 0 Å². The van der Waals surface area contributed by atoms with E-state index in [1.165, 1.54) is 12.1 Å². The molecule has 0 N–H and O–H groups in total. The second kappa shape index (κ2) is 4.75. The van der Waals surface area contributed by atoms with E-state index in [-0.39, 0.29) is 11.6 Å². The largest absolute Gasteiger partial charge is 0.294 e. The van der Waals surface area contributed by atoms with Crippen molar-refractivity contribution in [2.75, 3.05) is 0 Å². The Kier molecular flexibility index (Phi) is 3.62. The van der Waals surface area contributed by atoms with Crippen molar-refractivity contribution >= 4 is 5.78 Å². The number of rotatable bonds is 4. The highest BCUT2D eigenvalue weighted by Gasteiger charge is 2.04. The molecule has 1 aromatic carbocycles. The van der Waals surface area contributed by atoms with Crippen LogP contribution in [0.3, 0.4) is 0 Å². The molecular weight excluding hydrogens is 167 g/mol. The number of Topliss-reactive ketones (excluding diaryl/α,β-unsaturated/α-hetero) is 1. The van der Waals surface area contributed by atoms with E-state index in [0.717, 1.165) is 12.8 Å². The van der Waals surface area contributed by atoms with Gasteiger partial charge in [-0.3, -0.25) is 4.79 Å². The highest BCUT2D eigenvalue weighted by atomic mass is 19.1.